The summed E-state index contributed by atoms with van der Waals surface area (Å²) >= 11 is 5.25. The highest BCUT2D eigenvalue weighted by Crippen LogP contribution is 2.38. The van der Waals surface area contributed by atoms with Crippen LogP contribution in [0.4, 0.5) is 0 Å². The summed E-state index contributed by atoms with van der Waals surface area (Å²) in [7, 11) is 0. The van der Waals surface area contributed by atoms with Crippen molar-refractivity contribution in [3.8, 4) is 0 Å². The summed E-state index contributed by atoms with van der Waals surface area (Å²) in [6.07, 6.45) is 1.46. The van der Waals surface area contributed by atoms with Gasteiger partial charge in [0.25, 0.3) is 0 Å². The molecule has 0 atom stereocenters. The van der Waals surface area contributed by atoms with Crippen molar-refractivity contribution in [2.24, 2.45) is 5.16 Å². The molecule has 0 aliphatic carbocycles. The first kappa shape index (κ1) is 12.6. The highest BCUT2D eigenvalue weighted by Gasteiger charge is 2.16. The Balaban J connectivity index is 3.13. The Hall–Kier alpha value is -0.480. The molecular formula is C11H14BrNOS. The lowest BCUT2D eigenvalue weighted by molar-refractivity contribution is 0.321. The average Bonchev–Trinajstić information content (AvgIpc) is 2.10. The van der Waals surface area contributed by atoms with Crippen LogP contribution in [0.3, 0.4) is 0 Å². The largest absolute Gasteiger partial charge is 0.411 e. The molecule has 4 heteroatoms. The molecule has 0 aliphatic rings. The Morgan fingerprint density at radius 1 is 1.40 bits per heavy atom. The summed E-state index contributed by atoms with van der Waals surface area (Å²) in [4.78, 5) is 1.10. The van der Waals surface area contributed by atoms with Crippen molar-refractivity contribution in [1.82, 2.24) is 0 Å². The van der Waals surface area contributed by atoms with E-state index in [-0.39, 0.29) is 4.75 Å². The van der Waals surface area contributed by atoms with Crippen molar-refractivity contribution in [1.29, 1.82) is 0 Å². The fraction of sp³-hybridized carbons (Fsp3) is 0.364. The maximum absolute atomic E-state index is 8.58. The lowest BCUT2D eigenvalue weighted by Gasteiger charge is -2.19. The van der Waals surface area contributed by atoms with Crippen molar-refractivity contribution in [3.05, 3.63) is 28.2 Å². The molecule has 1 aromatic carbocycles. The fourth-order valence-electron chi connectivity index (χ4n) is 1.10. The van der Waals surface area contributed by atoms with Crippen LogP contribution in [0.5, 0.6) is 0 Å². The van der Waals surface area contributed by atoms with Crippen LogP contribution >= 0.6 is 27.7 Å². The van der Waals surface area contributed by atoms with Gasteiger partial charge in [-0.1, -0.05) is 38.1 Å². The van der Waals surface area contributed by atoms with Gasteiger partial charge in [0.2, 0.25) is 0 Å². The second-order valence-electron chi connectivity index (χ2n) is 4.12. The molecule has 0 saturated carbocycles. The van der Waals surface area contributed by atoms with Crippen molar-refractivity contribution in [2.45, 2.75) is 30.4 Å². The molecule has 0 radical (unpaired) electrons. The van der Waals surface area contributed by atoms with E-state index < -0.39 is 0 Å². The summed E-state index contributed by atoms with van der Waals surface area (Å²) in [5, 5.41) is 11.7. The SMILES string of the molecule is CC(C)(C)Sc1c(Br)cccc1/C=N\O. The minimum absolute atomic E-state index is 0.127. The second kappa shape index (κ2) is 5.03. The Labute approximate surface area is 103 Å². The summed E-state index contributed by atoms with van der Waals surface area (Å²) in [6, 6.07) is 5.84. The van der Waals surface area contributed by atoms with Gasteiger partial charge in [-0.3, -0.25) is 0 Å². The highest BCUT2D eigenvalue weighted by atomic mass is 79.9. The fourth-order valence-corrected chi connectivity index (χ4v) is 2.74. The number of halogens is 1. The number of thioether (sulfide) groups is 1. The Bertz CT molecular complexity index is 371. The predicted molar refractivity (Wildman–Crippen MR) is 69.1 cm³/mol. The number of benzene rings is 1. The van der Waals surface area contributed by atoms with Crippen LogP contribution in [-0.2, 0) is 0 Å². The van der Waals surface area contributed by atoms with Gasteiger partial charge in [0.1, 0.15) is 0 Å². The first-order valence-corrected chi connectivity index (χ1v) is 6.20. The highest BCUT2D eigenvalue weighted by molar-refractivity contribution is 9.10. The number of oxime groups is 1. The van der Waals surface area contributed by atoms with Gasteiger partial charge >= 0.3 is 0 Å². The first-order valence-electron chi connectivity index (χ1n) is 4.59. The number of hydrogen-bond donors (Lipinski definition) is 1. The molecule has 0 fully saturated rings. The van der Waals surface area contributed by atoms with E-state index in [2.05, 4.69) is 41.9 Å². The molecule has 0 aliphatic heterocycles. The number of rotatable bonds is 2. The van der Waals surface area contributed by atoms with E-state index in [4.69, 9.17) is 5.21 Å². The third kappa shape index (κ3) is 3.87. The van der Waals surface area contributed by atoms with Crippen LogP contribution in [0.1, 0.15) is 26.3 Å². The smallest absolute Gasteiger partial charge is 0.0745 e. The molecule has 0 aromatic heterocycles. The van der Waals surface area contributed by atoms with Gasteiger partial charge in [0.15, 0.2) is 0 Å². The Morgan fingerprint density at radius 2 is 2.07 bits per heavy atom. The van der Waals surface area contributed by atoms with E-state index in [1.54, 1.807) is 11.8 Å². The summed E-state index contributed by atoms with van der Waals surface area (Å²) < 4.78 is 1.15. The number of nitrogens with zero attached hydrogens (tertiary/aromatic N) is 1. The number of hydrogen-bond acceptors (Lipinski definition) is 3. The Morgan fingerprint density at radius 3 is 2.60 bits per heavy atom. The van der Waals surface area contributed by atoms with E-state index in [1.165, 1.54) is 6.21 Å². The maximum atomic E-state index is 8.58. The zero-order valence-electron chi connectivity index (χ0n) is 8.99. The zero-order valence-corrected chi connectivity index (χ0v) is 11.4. The summed E-state index contributed by atoms with van der Waals surface area (Å²) in [5.74, 6) is 0. The molecule has 15 heavy (non-hydrogen) atoms. The molecule has 0 spiro atoms. The first-order chi connectivity index (χ1) is 6.94. The van der Waals surface area contributed by atoms with E-state index in [9.17, 15) is 0 Å². The topological polar surface area (TPSA) is 32.6 Å². The Kier molecular flexibility index (Phi) is 4.22. The van der Waals surface area contributed by atoms with E-state index in [0.29, 0.717) is 0 Å². The van der Waals surface area contributed by atoms with Crippen molar-refractivity contribution < 1.29 is 5.21 Å². The van der Waals surface area contributed by atoms with Gasteiger partial charge in [-0.2, -0.15) is 0 Å². The second-order valence-corrected chi connectivity index (χ2v) is 6.81. The van der Waals surface area contributed by atoms with Gasteiger partial charge in [-0.05, 0) is 22.0 Å². The summed E-state index contributed by atoms with van der Waals surface area (Å²) in [6.45, 7) is 6.45. The van der Waals surface area contributed by atoms with E-state index in [1.807, 2.05) is 18.2 Å². The molecule has 1 aromatic rings. The van der Waals surface area contributed by atoms with Crippen molar-refractivity contribution in [2.75, 3.05) is 0 Å². The van der Waals surface area contributed by atoms with Gasteiger partial charge < -0.3 is 5.21 Å². The van der Waals surface area contributed by atoms with Crippen LogP contribution < -0.4 is 0 Å². The van der Waals surface area contributed by atoms with E-state index >= 15 is 0 Å². The standard InChI is InChI=1S/C11H14BrNOS/c1-11(2,3)15-10-8(7-13-14)5-4-6-9(10)12/h4-7,14H,1-3H3/b13-7-. The van der Waals surface area contributed by atoms with Gasteiger partial charge in [0, 0.05) is 19.7 Å². The average molecular weight is 288 g/mol. The third-order valence-electron chi connectivity index (χ3n) is 1.60. The van der Waals surface area contributed by atoms with Crippen LogP contribution in [0.25, 0.3) is 0 Å². The van der Waals surface area contributed by atoms with Gasteiger partial charge in [-0.25, -0.2) is 0 Å². The molecule has 0 unspecified atom stereocenters. The molecule has 0 amide bonds. The minimum Gasteiger partial charge on any atom is -0.411 e. The zero-order chi connectivity index (χ0) is 11.5. The van der Waals surface area contributed by atoms with Crippen LogP contribution in [0.2, 0.25) is 0 Å². The molecule has 0 bridgehead atoms. The third-order valence-corrected chi connectivity index (χ3v) is 3.80. The van der Waals surface area contributed by atoms with Crippen molar-refractivity contribution in [3.63, 3.8) is 0 Å². The van der Waals surface area contributed by atoms with Gasteiger partial charge in [0.05, 0.1) is 6.21 Å². The molecule has 82 valence electrons. The predicted octanol–water partition coefficient (Wildman–Crippen LogP) is 4.15. The molecule has 2 nitrogen and oxygen atoms in total. The molecule has 0 heterocycles. The monoisotopic (exact) mass is 287 g/mol. The maximum Gasteiger partial charge on any atom is 0.0745 e. The molecular weight excluding hydrogens is 274 g/mol. The molecule has 1 rings (SSSR count). The van der Waals surface area contributed by atoms with Crippen molar-refractivity contribution >= 4 is 33.9 Å². The lowest BCUT2D eigenvalue weighted by Crippen LogP contribution is -2.08. The molecule has 1 N–H and O–H groups in total. The molecule has 0 saturated heterocycles. The van der Waals surface area contributed by atoms with Crippen LogP contribution in [0.15, 0.2) is 32.7 Å². The van der Waals surface area contributed by atoms with Crippen LogP contribution in [0, 0.1) is 0 Å². The van der Waals surface area contributed by atoms with E-state index in [0.717, 1.165) is 14.9 Å². The minimum atomic E-state index is 0.127. The van der Waals surface area contributed by atoms with Gasteiger partial charge in [-0.15, -0.1) is 11.8 Å². The summed E-state index contributed by atoms with van der Waals surface area (Å²) in [5.41, 5.74) is 0.923. The normalized spacial score (nSPS) is 12.3. The lowest BCUT2D eigenvalue weighted by atomic mass is 10.2. The van der Waals surface area contributed by atoms with Crippen LogP contribution in [-0.4, -0.2) is 16.2 Å². The quantitative estimate of drug-likeness (QED) is 0.384.